The second kappa shape index (κ2) is 7.95. The number of anilines is 1. The van der Waals surface area contributed by atoms with E-state index in [2.05, 4.69) is 4.72 Å². The number of aryl methyl sites for hydroxylation is 1. The maximum atomic E-state index is 12.9. The van der Waals surface area contributed by atoms with Crippen molar-refractivity contribution in [3.8, 4) is 0 Å². The molecule has 0 aromatic heterocycles. The molecule has 1 N–H and O–H groups in total. The van der Waals surface area contributed by atoms with Crippen molar-refractivity contribution in [3.63, 3.8) is 0 Å². The molecule has 1 amide bonds. The number of amides is 1. The van der Waals surface area contributed by atoms with Crippen molar-refractivity contribution >= 4 is 27.3 Å². The SMILES string of the molecule is Cc1ccc([N+](=O)[O-])cc1S(=O)(=O)Nc1ccccc1C(=O)N1CCOCC1. The van der Waals surface area contributed by atoms with Crippen molar-refractivity contribution < 1.29 is 22.9 Å². The first kappa shape index (κ1) is 19.8. The molecule has 3 rings (SSSR count). The zero-order valence-corrected chi connectivity index (χ0v) is 15.9. The summed E-state index contributed by atoms with van der Waals surface area (Å²) in [6.45, 7) is 3.23. The van der Waals surface area contributed by atoms with Gasteiger partial charge < -0.3 is 9.64 Å². The topological polar surface area (TPSA) is 119 Å². The molecule has 2 aromatic rings. The van der Waals surface area contributed by atoms with Gasteiger partial charge in [-0.05, 0) is 24.6 Å². The van der Waals surface area contributed by atoms with E-state index in [1.54, 1.807) is 24.0 Å². The van der Waals surface area contributed by atoms with E-state index < -0.39 is 14.9 Å². The summed E-state index contributed by atoms with van der Waals surface area (Å²) in [5.41, 5.74) is 0.347. The van der Waals surface area contributed by atoms with E-state index in [0.717, 1.165) is 6.07 Å². The van der Waals surface area contributed by atoms with Crippen LogP contribution < -0.4 is 4.72 Å². The average molecular weight is 405 g/mol. The van der Waals surface area contributed by atoms with Gasteiger partial charge in [-0.15, -0.1) is 0 Å². The number of non-ortho nitro benzene ring substituents is 1. The highest BCUT2D eigenvalue weighted by Crippen LogP contribution is 2.26. The number of para-hydroxylation sites is 1. The van der Waals surface area contributed by atoms with Gasteiger partial charge in [0, 0.05) is 25.2 Å². The van der Waals surface area contributed by atoms with E-state index in [9.17, 15) is 23.3 Å². The fourth-order valence-corrected chi connectivity index (χ4v) is 4.23. The average Bonchev–Trinajstić information content (AvgIpc) is 2.68. The summed E-state index contributed by atoms with van der Waals surface area (Å²) in [4.78, 5) is 24.5. The Balaban J connectivity index is 1.94. The molecule has 0 saturated carbocycles. The summed E-state index contributed by atoms with van der Waals surface area (Å²) in [5, 5.41) is 11.0. The molecule has 0 atom stereocenters. The summed E-state index contributed by atoms with van der Waals surface area (Å²) in [5.74, 6) is -0.308. The molecule has 0 aliphatic carbocycles. The fraction of sp³-hybridized carbons (Fsp3) is 0.278. The lowest BCUT2D eigenvalue weighted by atomic mass is 10.1. The molecule has 0 spiro atoms. The number of nitrogens with zero attached hydrogens (tertiary/aromatic N) is 2. The Kier molecular flexibility index (Phi) is 5.61. The first-order chi connectivity index (χ1) is 13.3. The minimum atomic E-state index is -4.14. The van der Waals surface area contributed by atoms with Crippen molar-refractivity contribution in [2.75, 3.05) is 31.0 Å². The lowest BCUT2D eigenvalue weighted by Gasteiger charge is -2.27. The van der Waals surface area contributed by atoms with Crippen molar-refractivity contribution in [1.82, 2.24) is 4.90 Å². The molecule has 9 nitrogen and oxygen atoms in total. The van der Waals surface area contributed by atoms with Gasteiger partial charge >= 0.3 is 0 Å². The van der Waals surface area contributed by atoms with E-state index in [1.165, 1.54) is 24.3 Å². The number of hydrogen-bond donors (Lipinski definition) is 1. The van der Waals surface area contributed by atoms with Crippen LogP contribution in [0.2, 0.25) is 0 Å². The zero-order chi connectivity index (χ0) is 20.3. The van der Waals surface area contributed by atoms with E-state index in [1.807, 2.05) is 0 Å². The summed E-state index contributed by atoms with van der Waals surface area (Å²) in [6, 6.07) is 9.89. The molecule has 1 fully saturated rings. The van der Waals surface area contributed by atoms with Crippen LogP contribution in [0.4, 0.5) is 11.4 Å². The smallest absolute Gasteiger partial charge is 0.270 e. The molecule has 148 valence electrons. The second-order valence-corrected chi connectivity index (χ2v) is 7.91. The number of benzene rings is 2. The van der Waals surface area contributed by atoms with Crippen LogP contribution in [0.1, 0.15) is 15.9 Å². The highest BCUT2D eigenvalue weighted by atomic mass is 32.2. The van der Waals surface area contributed by atoms with Crippen LogP contribution in [0.5, 0.6) is 0 Å². The summed E-state index contributed by atoms with van der Waals surface area (Å²) < 4.78 is 33.4. The Bertz CT molecular complexity index is 1020. The van der Waals surface area contributed by atoms with Gasteiger partial charge in [0.05, 0.1) is 34.3 Å². The van der Waals surface area contributed by atoms with E-state index in [4.69, 9.17) is 4.74 Å². The number of nitro groups is 1. The molecule has 0 unspecified atom stereocenters. The van der Waals surface area contributed by atoms with Crippen molar-refractivity contribution in [2.24, 2.45) is 0 Å². The van der Waals surface area contributed by atoms with E-state index >= 15 is 0 Å². The van der Waals surface area contributed by atoms with Gasteiger partial charge in [0.1, 0.15) is 0 Å². The minimum absolute atomic E-state index is 0.116. The van der Waals surface area contributed by atoms with Gasteiger partial charge in [-0.25, -0.2) is 8.42 Å². The Morgan fingerprint density at radius 3 is 2.54 bits per heavy atom. The molecule has 28 heavy (non-hydrogen) atoms. The third kappa shape index (κ3) is 4.12. The van der Waals surface area contributed by atoms with Gasteiger partial charge in [0.25, 0.3) is 21.6 Å². The Morgan fingerprint density at radius 1 is 1.18 bits per heavy atom. The molecule has 0 bridgehead atoms. The summed E-state index contributed by atoms with van der Waals surface area (Å²) in [6.07, 6.45) is 0. The van der Waals surface area contributed by atoms with Crippen LogP contribution in [0.15, 0.2) is 47.4 Å². The standard InChI is InChI=1S/C18H19N3O6S/c1-13-6-7-14(21(23)24)12-17(13)28(25,26)19-16-5-3-2-4-15(16)18(22)20-8-10-27-11-9-20/h2-7,12,19H,8-11H2,1H3. The summed E-state index contributed by atoms with van der Waals surface area (Å²) >= 11 is 0. The maximum Gasteiger partial charge on any atom is 0.270 e. The Hall–Kier alpha value is -2.98. The van der Waals surface area contributed by atoms with Crippen molar-refractivity contribution in [2.45, 2.75) is 11.8 Å². The van der Waals surface area contributed by atoms with Crippen molar-refractivity contribution in [1.29, 1.82) is 0 Å². The van der Waals surface area contributed by atoms with E-state index in [0.29, 0.717) is 31.9 Å². The molecule has 1 saturated heterocycles. The van der Waals surface area contributed by atoms with Gasteiger partial charge in [-0.1, -0.05) is 18.2 Å². The minimum Gasteiger partial charge on any atom is -0.378 e. The number of hydrogen-bond acceptors (Lipinski definition) is 6. The van der Waals surface area contributed by atoms with Crippen molar-refractivity contribution in [3.05, 3.63) is 63.7 Å². The molecule has 10 heteroatoms. The lowest BCUT2D eigenvalue weighted by Crippen LogP contribution is -2.41. The molecule has 2 aromatic carbocycles. The predicted octanol–water partition coefficient (Wildman–Crippen LogP) is 2.18. The van der Waals surface area contributed by atoms with Crippen LogP contribution >= 0.6 is 0 Å². The molecular weight excluding hydrogens is 386 g/mol. The van der Waals surface area contributed by atoms with Gasteiger partial charge in [0.2, 0.25) is 0 Å². The van der Waals surface area contributed by atoms with Crippen LogP contribution in [0.3, 0.4) is 0 Å². The summed E-state index contributed by atoms with van der Waals surface area (Å²) in [7, 11) is -4.14. The fourth-order valence-electron chi connectivity index (χ4n) is 2.89. The molecule has 1 heterocycles. The third-order valence-corrected chi connectivity index (χ3v) is 5.88. The van der Waals surface area contributed by atoms with Crippen LogP contribution in [0, 0.1) is 17.0 Å². The predicted molar refractivity (Wildman–Crippen MR) is 102 cm³/mol. The molecule has 0 radical (unpaired) electrons. The number of nitrogens with one attached hydrogen (secondary N) is 1. The molecule has 1 aliphatic rings. The Labute approximate surface area is 162 Å². The highest BCUT2D eigenvalue weighted by Gasteiger charge is 2.25. The molecule has 1 aliphatic heterocycles. The molecular formula is C18H19N3O6S. The van der Waals surface area contributed by atoms with Crippen LogP contribution in [-0.2, 0) is 14.8 Å². The second-order valence-electron chi connectivity index (χ2n) is 6.26. The third-order valence-electron chi connectivity index (χ3n) is 4.37. The zero-order valence-electron chi connectivity index (χ0n) is 15.1. The maximum absolute atomic E-state index is 12.9. The number of sulfonamides is 1. The number of carbonyl (C=O) groups excluding carboxylic acids is 1. The van der Waals surface area contributed by atoms with Gasteiger partial charge in [0.15, 0.2) is 0 Å². The highest BCUT2D eigenvalue weighted by molar-refractivity contribution is 7.92. The first-order valence-corrected chi connectivity index (χ1v) is 10.0. The van der Waals surface area contributed by atoms with E-state index in [-0.39, 0.29) is 27.7 Å². The number of morpholine rings is 1. The normalized spacial score (nSPS) is 14.5. The van der Waals surface area contributed by atoms with Gasteiger partial charge in [-0.2, -0.15) is 0 Å². The first-order valence-electron chi connectivity index (χ1n) is 8.53. The largest absolute Gasteiger partial charge is 0.378 e. The monoisotopic (exact) mass is 405 g/mol. The Morgan fingerprint density at radius 2 is 1.86 bits per heavy atom. The number of rotatable bonds is 5. The van der Waals surface area contributed by atoms with Crippen LogP contribution in [-0.4, -0.2) is 50.5 Å². The number of carbonyl (C=O) groups is 1. The number of nitro benzene ring substituents is 1. The van der Waals surface area contributed by atoms with Gasteiger partial charge in [-0.3, -0.25) is 19.6 Å². The lowest BCUT2D eigenvalue weighted by molar-refractivity contribution is -0.385. The quantitative estimate of drug-likeness (QED) is 0.601. The van der Waals surface area contributed by atoms with Crippen LogP contribution in [0.25, 0.3) is 0 Å². The number of ether oxygens (including phenoxy) is 1.